The van der Waals surface area contributed by atoms with Crippen molar-refractivity contribution >= 4 is 15.8 Å². The first-order valence-corrected chi connectivity index (χ1v) is 11.2. The highest BCUT2D eigenvalue weighted by molar-refractivity contribution is 7.89. The molecule has 1 saturated heterocycles. The molecule has 2 aliphatic heterocycles. The van der Waals surface area contributed by atoms with Crippen LogP contribution in [0.5, 0.6) is 0 Å². The number of hydrogen-bond donors (Lipinski definition) is 0. The Morgan fingerprint density at radius 3 is 2.57 bits per heavy atom. The molecule has 0 radical (unpaired) electrons. The van der Waals surface area contributed by atoms with Gasteiger partial charge in [-0.15, -0.1) is 0 Å². The summed E-state index contributed by atoms with van der Waals surface area (Å²) in [6.07, 6.45) is 3.78. The van der Waals surface area contributed by atoms with E-state index in [0.29, 0.717) is 24.5 Å². The molecule has 4 heterocycles. The summed E-state index contributed by atoms with van der Waals surface area (Å²) >= 11 is 0. The van der Waals surface area contributed by atoms with Crippen LogP contribution in [0.4, 0.5) is 5.82 Å². The number of aromatic nitrogens is 3. The van der Waals surface area contributed by atoms with Crippen molar-refractivity contribution in [2.75, 3.05) is 31.6 Å². The molecule has 0 aliphatic carbocycles. The van der Waals surface area contributed by atoms with Crippen LogP contribution in [-0.4, -0.2) is 54.5 Å². The Labute approximate surface area is 166 Å². The second-order valence-corrected chi connectivity index (χ2v) is 9.72. The van der Waals surface area contributed by atoms with Gasteiger partial charge < -0.3 is 9.42 Å². The fourth-order valence-corrected chi connectivity index (χ4v) is 6.15. The number of hydrogen-bond acceptors (Lipinski definition) is 7. The van der Waals surface area contributed by atoms with Gasteiger partial charge in [0.05, 0.1) is 0 Å². The number of nitrogens with zero attached hydrogens (tertiary/aromatic N) is 5. The summed E-state index contributed by atoms with van der Waals surface area (Å²) in [6, 6.07) is 0. The number of rotatable bonds is 3. The molecule has 2 aromatic rings. The lowest BCUT2D eigenvalue weighted by Crippen LogP contribution is -2.40. The van der Waals surface area contributed by atoms with Crippen LogP contribution >= 0.6 is 0 Å². The number of sulfonamides is 1. The Morgan fingerprint density at radius 1 is 1.07 bits per heavy atom. The summed E-state index contributed by atoms with van der Waals surface area (Å²) in [5.74, 6) is 2.08. The first-order valence-electron chi connectivity index (χ1n) is 9.80. The molecule has 8 nitrogen and oxygen atoms in total. The summed E-state index contributed by atoms with van der Waals surface area (Å²) in [6.45, 7) is 7.20. The van der Waals surface area contributed by atoms with Gasteiger partial charge in [-0.3, -0.25) is 0 Å². The molecule has 0 N–H and O–H groups in total. The third-order valence-corrected chi connectivity index (χ3v) is 7.92. The van der Waals surface area contributed by atoms with Crippen LogP contribution < -0.4 is 4.90 Å². The quantitative estimate of drug-likeness (QED) is 0.774. The van der Waals surface area contributed by atoms with Gasteiger partial charge in [-0.1, -0.05) is 5.16 Å². The van der Waals surface area contributed by atoms with Crippen molar-refractivity contribution < 1.29 is 12.9 Å². The Hall–Kier alpha value is -2.00. The van der Waals surface area contributed by atoms with E-state index in [1.807, 2.05) is 6.92 Å². The summed E-state index contributed by atoms with van der Waals surface area (Å²) in [7, 11) is -1.59. The molecule has 1 fully saturated rings. The maximum atomic E-state index is 13.2. The van der Waals surface area contributed by atoms with Crippen LogP contribution in [0.15, 0.2) is 9.42 Å². The normalized spacial score (nSPS) is 21.0. The molecule has 0 amide bonds. The van der Waals surface area contributed by atoms with Gasteiger partial charge in [0.25, 0.3) is 0 Å². The zero-order valence-corrected chi connectivity index (χ0v) is 17.7. The second-order valence-electron chi connectivity index (χ2n) is 7.85. The number of anilines is 1. The van der Waals surface area contributed by atoms with Gasteiger partial charge in [-0.2, -0.15) is 4.31 Å². The van der Waals surface area contributed by atoms with Crippen molar-refractivity contribution in [1.29, 1.82) is 0 Å². The summed E-state index contributed by atoms with van der Waals surface area (Å²) in [5.41, 5.74) is 2.63. The minimum Gasteiger partial charge on any atom is -0.360 e. The highest BCUT2D eigenvalue weighted by Gasteiger charge is 2.36. The molecule has 1 atom stereocenters. The minimum atomic E-state index is -3.65. The third-order valence-electron chi connectivity index (χ3n) is 5.81. The molecule has 9 heteroatoms. The fraction of sp³-hybridized carbons (Fsp3) is 0.632. The average Bonchev–Trinajstić information content (AvgIpc) is 3.01. The molecule has 0 spiro atoms. The maximum absolute atomic E-state index is 13.2. The Bertz CT molecular complexity index is 982. The lowest BCUT2D eigenvalue weighted by molar-refractivity contribution is 0.308. The Balaban J connectivity index is 1.65. The van der Waals surface area contributed by atoms with E-state index in [4.69, 9.17) is 14.5 Å². The van der Waals surface area contributed by atoms with Crippen LogP contribution in [0.1, 0.15) is 53.7 Å². The lowest BCUT2D eigenvalue weighted by Gasteiger charge is -2.33. The topological polar surface area (TPSA) is 92.4 Å². The first kappa shape index (κ1) is 19.3. The minimum absolute atomic E-state index is 0.0108. The maximum Gasteiger partial charge on any atom is 0.248 e. The van der Waals surface area contributed by atoms with Crippen LogP contribution in [0.2, 0.25) is 0 Å². The molecule has 2 aromatic heterocycles. The van der Waals surface area contributed by atoms with Crippen LogP contribution in [0.3, 0.4) is 0 Å². The number of aryl methyl sites for hydroxylation is 3. The molecule has 0 unspecified atom stereocenters. The van der Waals surface area contributed by atoms with E-state index in [-0.39, 0.29) is 10.8 Å². The molecule has 0 saturated carbocycles. The summed E-state index contributed by atoms with van der Waals surface area (Å²) < 4.78 is 33.0. The Kier molecular flexibility index (Phi) is 4.91. The van der Waals surface area contributed by atoms with Crippen molar-refractivity contribution in [3.8, 4) is 0 Å². The van der Waals surface area contributed by atoms with Crippen LogP contribution in [0, 0.1) is 20.8 Å². The predicted octanol–water partition coefficient (Wildman–Crippen LogP) is 2.34. The largest absolute Gasteiger partial charge is 0.360 e. The van der Waals surface area contributed by atoms with Crippen LogP contribution in [-0.2, 0) is 16.4 Å². The molecule has 0 bridgehead atoms. The highest BCUT2D eigenvalue weighted by atomic mass is 32.2. The predicted molar refractivity (Wildman–Crippen MR) is 105 cm³/mol. The van der Waals surface area contributed by atoms with E-state index in [0.717, 1.165) is 49.6 Å². The van der Waals surface area contributed by atoms with Gasteiger partial charge in [0, 0.05) is 43.9 Å². The van der Waals surface area contributed by atoms with Crippen molar-refractivity contribution in [2.24, 2.45) is 0 Å². The SMILES string of the molecule is Cc1nc([C@@H]2CCCN(S(=O)(=O)c3c(C)noc3C)C2)nc2c1CCCN2C. The molecule has 28 heavy (non-hydrogen) atoms. The van der Waals surface area contributed by atoms with E-state index in [2.05, 4.69) is 17.1 Å². The van der Waals surface area contributed by atoms with Crippen molar-refractivity contribution in [2.45, 2.75) is 57.3 Å². The standard InChI is InChI=1S/C19H27N5O3S/c1-12-16-8-6-9-23(4)19(16)21-18(20-12)15-7-5-10-24(11-15)28(25,26)17-13(2)22-27-14(17)3/h15H,5-11H2,1-4H3/t15-/m1/s1. The van der Waals surface area contributed by atoms with E-state index in [9.17, 15) is 8.42 Å². The monoisotopic (exact) mass is 405 g/mol. The zero-order valence-electron chi connectivity index (χ0n) is 16.9. The second kappa shape index (κ2) is 7.11. The number of fused-ring (bicyclic) bond motifs is 1. The van der Waals surface area contributed by atoms with Crippen LogP contribution in [0.25, 0.3) is 0 Å². The molecular weight excluding hydrogens is 378 g/mol. The molecular formula is C19H27N5O3S. The van der Waals surface area contributed by atoms with Gasteiger partial charge in [-0.25, -0.2) is 18.4 Å². The van der Waals surface area contributed by atoms with Gasteiger partial charge in [0.1, 0.15) is 22.2 Å². The van der Waals surface area contributed by atoms with Crippen molar-refractivity contribution in [3.05, 3.63) is 28.5 Å². The van der Waals surface area contributed by atoms with E-state index in [1.165, 1.54) is 9.87 Å². The highest BCUT2D eigenvalue weighted by Crippen LogP contribution is 2.33. The molecule has 152 valence electrons. The lowest BCUT2D eigenvalue weighted by atomic mass is 9.97. The van der Waals surface area contributed by atoms with Gasteiger partial charge in [-0.05, 0) is 46.5 Å². The smallest absolute Gasteiger partial charge is 0.248 e. The number of piperidine rings is 1. The summed E-state index contributed by atoms with van der Waals surface area (Å²) in [4.78, 5) is 12.0. The fourth-order valence-electron chi connectivity index (χ4n) is 4.34. The van der Waals surface area contributed by atoms with E-state index in [1.54, 1.807) is 13.8 Å². The van der Waals surface area contributed by atoms with Gasteiger partial charge >= 0.3 is 0 Å². The molecule has 0 aromatic carbocycles. The van der Waals surface area contributed by atoms with Gasteiger partial charge in [0.15, 0.2) is 5.76 Å². The zero-order chi connectivity index (χ0) is 20.1. The first-order chi connectivity index (χ1) is 13.3. The third kappa shape index (κ3) is 3.20. The van der Waals surface area contributed by atoms with Crippen molar-refractivity contribution in [3.63, 3.8) is 0 Å². The van der Waals surface area contributed by atoms with E-state index >= 15 is 0 Å². The van der Waals surface area contributed by atoms with E-state index < -0.39 is 10.0 Å². The van der Waals surface area contributed by atoms with Crippen molar-refractivity contribution in [1.82, 2.24) is 19.4 Å². The molecule has 2 aliphatic rings. The average molecular weight is 406 g/mol. The summed E-state index contributed by atoms with van der Waals surface area (Å²) in [5, 5.41) is 3.81. The van der Waals surface area contributed by atoms with Gasteiger partial charge in [0.2, 0.25) is 10.0 Å². The Morgan fingerprint density at radius 2 is 1.86 bits per heavy atom. The molecule has 4 rings (SSSR count).